The lowest BCUT2D eigenvalue weighted by Crippen LogP contribution is -2.40. The molecule has 0 saturated carbocycles. The van der Waals surface area contributed by atoms with E-state index in [1.807, 2.05) is 18.2 Å². The average Bonchev–Trinajstić information content (AvgIpc) is 2.45. The Morgan fingerprint density at radius 1 is 1.37 bits per heavy atom. The second-order valence-corrected chi connectivity index (χ2v) is 4.55. The van der Waals surface area contributed by atoms with Crippen LogP contribution in [0.15, 0.2) is 45.6 Å². The van der Waals surface area contributed by atoms with Crippen molar-refractivity contribution < 1.29 is 4.79 Å². The lowest BCUT2D eigenvalue weighted by atomic mass is 10.2. The topological polar surface area (TPSA) is 57.4 Å². The van der Waals surface area contributed by atoms with Crippen LogP contribution in [0.3, 0.4) is 0 Å². The number of rotatable bonds is 2. The fraction of sp³-hybridized carbons (Fsp3) is 0.167. The summed E-state index contributed by atoms with van der Waals surface area (Å²) >= 11 is 11.9. The van der Waals surface area contributed by atoms with Gasteiger partial charge in [-0.15, -0.1) is 16.7 Å². The van der Waals surface area contributed by atoms with E-state index in [4.69, 9.17) is 23.2 Å². The summed E-state index contributed by atoms with van der Waals surface area (Å²) in [7, 11) is 1.52. The summed E-state index contributed by atoms with van der Waals surface area (Å²) in [6.45, 7) is 0. The van der Waals surface area contributed by atoms with Crippen molar-refractivity contribution in [1.82, 2.24) is 5.01 Å². The number of hydrazone groups is 1. The van der Waals surface area contributed by atoms with E-state index in [2.05, 4.69) is 15.3 Å². The number of halogens is 2. The summed E-state index contributed by atoms with van der Waals surface area (Å²) in [6.07, 6.45) is 1.39. The molecule has 0 radical (unpaired) electrons. The van der Waals surface area contributed by atoms with Gasteiger partial charge in [0.25, 0.3) is 5.91 Å². The maximum absolute atomic E-state index is 11.6. The Bertz CT molecular complexity index is 568. The number of nitrogens with zero attached hydrogens (tertiary/aromatic N) is 4. The highest BCUT2D eigenvalue weighted by atomic mass is 35.5. The fourth-order valence-electron chi connectivity index (χ4n) is 1.37. The lowest BCUT2D eigenvalue weighted by Gasteiger charge is -2.19. The molecule has 1 aliphatic rings. The van der Waals surface area contributed by atoms with Crippen molar-refractivity contribution in [3.8, 4) is 0 Å². The quantitative estimate of drug-likeness (QED) is 0.468. The Morgan fingerprint density at radius 2 is 2.05 bits per heavy atom. The first-order valence-electron chi connectivity index (χ1n) is 5.41. The molecule has 5 nitrogen and oxygen atoms in total. The summed E-state index contributed by atoms with van der Waals surface area (Å²) in [5.74, 6) is -0.353. The minimum atomic E-state index is -0.897. The van der Waals surface area contributed by atoms with Gasteiger partial charge in [0, 0.05) is 12.6 Å². The summed E-state index contributed by atoms with van der Waals surface area (Å²) in [4.78, 5) is 11.6. The third-order valence-corrected chi connectivity index (χ3v) is 3.13. The molecule has 0 spiro atoms. The van der Waals surface area contributed by atoms with Crippen LogP contribution in [0.5, 0.6) is 0 Å². The zero-order valence-corrected chi connectivity index (χ0v) is 11.5. The van der Waals surface area contributed by atoms with Gasteiger partial charge in [-0.05, 0) is 0 Å². The van der Waals surface area contributed by atoms with Gasteiger partial charge in [-0.2, -0.15) is 10.2 Å². The highest BCUT2D eigenvalue weighted by molar-refractivity contribution is 6.69. The van der Waals surface area contributed by atoms with Gasteiger partial charge in [0.15, 0.2) is 10.5 Å². The number of benzene rings is 1. The summed E-state index contributed by atoms with van der Waals surface area (Å²) in [5, 5.41) is 12.0. The number of carbonyl (C=O) groups excluding carboxylic acids is 1. The van der Waals surface area contributed by atoms with Gasteiger partial charge < -0.3 is 0 Å². The second kappa shape index (κ2) is 5.95. The van der Waals surface area contributed by atoms with Crippen molar-refractivity contribution >= 4 is 46.2 Å². The van der Waals surface area contributed by atoms with E-state index in [9.17, 15) is 4.79 Å². The number of alkyl halides is 1. The molecule has 1 aromatic rings. The molecule has 98 valence electrons. The molecular weight excluding hydrogens is 287 g/mol. The number of carbonyl (C=O) groups is 1. The van der Waals surface area contributed by atoms with Crippen molar-refractivity contribution in [3.05, 3.63) is 35.9 Å². The van der Waals surface area contributed by atoms with Crippen LogP contribution in [0.25, 0.3) is 0 Å². The van der Waals surface area contributed by atoms with E-state index in [0.717, 1.165) is 10.6 Å². The van der Waals surface area contributed by atoms with Crippen LogP contribution in [0.1, 0.15) is 5.56 Å². The minimum absolute atomic E-state index is 0.219. The van der Waals surface area contributed by atoms with Crippen LogP contribution >= 0.6 is 23.2 Å². The highest BCUT2D eigenvalue weighted by Crippen LogP contribution is 2.10. The molecule has 0 bridgehead atoms. The Kier molecular flexibility index (Phi) is 4.29. The van der Waals surface area contributed by atoms with E-state index in [-0.39, 0.29) is 16.8 Å². The van der Waals surface area contributed by atoms with E-state index in [1.165, 1.54) is 13.3 Å². The average molecular weight is 297 g/mol. The third kappa shape index (κ3) is 3.19. The molecule has 1 aromatic carbocycles. The predicted octanol–water partition coefficient (Wildman–Crippen LogP) is 2.09. The summed E-state index contributed by atoms with van der Waals surface area (Å²) < 4.78 is 0. The van der Waals surface area contributed by atoms with Crippen molar-refractivity contribution in [3.63, 3.8) is 0 Å². The molecule has 1 amide bonds. The van der Waals surface area contributed by atoms with Crippen LogP contribution < -0.4 is 0 Å². The molecular formula is C12H10Cl2N4O. The first kappa shape index (κ1) is 13.7. The predicted molar refractivity (Wildman–Crippen MR) is 77.2 cm³/mol. The van der Waals surface area contributed by atoms with Crippen LogP contribution in [0.4, 0.5) is 0 Å². The highest BCUT2D eigenvalue weighted by Gasteiger charge is 2.28. The van der Waals surface area contributed by atoms with Crippen LogP contribution in [0, 0.1) is 0 Å². The second-order valence-electron chi connectivity index (χ2n) is 3.75. The summed E-state index contributed by atoms with van der Waals surface area (Å²) in [5.41, 5.74) is 0.995. The molecule has 1 atom stereocenters. The molecule has 7 heteroatoms. The van der Waals surface area contributed by atoms with E-state index < -0.39 is 5.38 Å². The molecule has 0 aliphatic carbocycles. The Labute approximate surface area is 120 Å². The van der Waals surface area contributed by atoms with Crippen LogP contribution in [0.2, 0.25) is 0 Å². The van der Waals surface area contributed by atoms with Gasteiger partial charge in [0.2, 0.25) is 0 Å². The molecule has 0 aromatic heterocycles. The third-order valence-electron chi connectivity index (χ3n) is 2.42. The standard InChI is InChI=1S/C12H10Cl2N4O/c1-18-12(19)10(13)9(7-15-18)16-17-11(14)8-5-3-2-4-6-8/h2-7,10H,1H3/b16-9?,17-11-. The van der Waals surface area contributed by atoms with Gasteiger partial charge >= 0.3 is 0 Å². The molecule has 1 unspecified atom stereocenters. The SMILES string of the molecule is CN1N=CC(=N/N=C(\Cl)c2ccccc2)C(Cl)C1=O. The van der Waals surface area contributed by atoms with Crippen LogP contribution in [-0.4, -0.2) is 40.4 Å². The first-order chi connectivity index (χ1) is 9.09. The molecule has 0 saturated heterocycles. The van der Waals surface area contributed by atoms with Gasteiger partial charge in [0.05, 0.1) is 6.21 Å². The lowest BCUT2D eigenvalue weighted by molar-refractivity contribution is -0.128. The van der Waals surface area contributed by atoms with Gasteiger partial charge in [0.1, 0.15) is 5.71 Å². The zero-order valence-electron chi connectivity index (χ0n) is 9.99. The first-order valence-corrected chi connectivity index (χ1v) is 6.23. The molecule has 19 heavy (non-hydrogen) atoms. The van der Waals surface area contributed by atoms with Crippen molar-refractivity contribution in [1.29, 1.82) is 0 Å². The van der Waals surface area contributed by atoms with Crippen molar-refractivity contribution in [2.75, 3.05) is 7.05 Å². The van der Waals surface area contributed by atoms with Crippen LogP contribution in [-0.2, 0) is 4.79 Å². The van der Waals surface area contributed by atoms with E-state index in [1.54, 1.807) is 12.1 Å². The maximum atomic E-state index is 11.6. The minimum Gasteiger partial charge on any atom is -0.271 e. The monoisotopic (exact) mass is 296 g/mol. The number of amides is 1. The Hall–Kier alpha value is -1.72. The number of hydrogen-bond donors (Lipinski definition) is 0. The largest absolute Gasteiger partial charge is 0.271 e. The molecule has 1 aliphatic heterocycles. The molecule has 0 N–H and O–H groups in total. The van der Waals surface area contributed by atoms with E-state index in [0.29, 0.717) is 0 Å². The maximum Gasteiger partial charge on any atom is 0.266 e. The normalized spacial score (nSPS) is 22.2. The van der Waals surface area contributed by atoms with E-state index >= 15 is 0 Å². The van der Waals surface area contributed by atoms with Gasteiger partial charge in [-0.1, -0.05) is 41.9 Å². The zero-order chi connectivity index (χ0) is 13.8. The van der Waals surface area contributed by atoms with Gasteiger partial charge in [-0.25, -0.2) is 5.01 Å². The smallest absolute Gasteiger partial charge is 0.266 e. The number of hydrogen-bond acceptors (Lipinski definition) is 4. The Morgan fingerprint density at radius 3 is 2.74 bits per heavy atom. The molecule has 1 heterocycles. The molecule has 0 fully saturated rings. The van der Waals surface area contributed by atoms with Gasteiger partial charge in [-0.3, -0.25) is 4.79 Å². The molecule has 2 rings (SSSR count). The fourth-order valence-corrected chi connectivity index (χ4v) is 1.78. The summed E-state index contributed by atoms with van der Waals surface area (Å²) in [6, 6.07) is 9.16. The van der Waals surface area contributed by atoms with Crippen molar-refractivity contribution in [2.45, 2.75) is 5.38 Å². The Balaban J connectivity index is 2.23. The van der Waals surface area contributed by atoms with Crippen molar-refractivity contribution in [2.24, 2.45) is 15.3 Å².